The lowest BCUT2D eigenvalue weighted by Crippen LogP contribution is -2.39. The van der Waals surface area contributed by atoms with Crippen molar-refractivity contribution < 1.29 is 35.9 Å². The number of benzene rings is 1. The first-order valence-corrected chi connectivity index (χ1v) is 15.6. The van der Waals surface area contributed by atoms with Gasteiger partial charge in [0.25, 0.3) is 5.91 Å². The molecule has 1 aromatic carbocycles. The number of pyridine rings is 1. The van der Waals surface area contributed by atoms with Gasteiger partial charge in [-0.3, -0.25) is 9.59 Å². The lowest BCUT2D eigenvalue weighted by atomic mass is 10.1. The average Bonchev–Trinajstić information content (AvgIpc) is 3.30. The third-order valence-electron chi connectivity index (χ3n) is 7.31. The molecule has 43 heavy (non-hydrogen) atoms. The van der Waals surface area contributed by atoms with Crippen LogP contribution in [0.25, 0.3) is 10.9 Å². The molecular formula is C29H30F3N5O5S. The van der Waals surface area contributed by atoms with Crippen molar-refractivity contribution in [2.45, 2.75) is 50.5 Å². The maximum absolute atomic E-state index is 13.5. The predicted molar refractivity (Wildman–Crippen MR) is 154 cm³/mol. The molecule has 2 amide bonds. The highest BCUT2D eigenvalue weighted by molar-refractivity contribution is 7.91. The maximum atomic E-state index is 13.5. The van der Waals surface area contributed by atoms with E-state index in [1.165, 1.54) is 30.5 Å². The van der Waals surface area contributed by atoms with Gasteiger partial charge < -0.3 is 25.3 Å². The van der Waals surface area contributed by atoms with Gasteiger partial charge >= 0.3 is 12.1 Å². The van der Waals surface area contributed by atoms with Gasteiger partial charge in [0.05, 0.1) is 34.6 Å². The smallest absolute Gasteiger partial charge is 0.382 e. The van der Waals surface area contributed by atoms with Crippen molar-refractivity contribution in [3.05, 3.63) is 54.0 Å². The number of halogens is 3. The number of nitrogens with zero attached hydrogens (tertiary/aromatic N) is 2. The molecule has 0 atom stereocenters. The summed E-state index contributed by atoms with van der Waals surface area (Å²) in [6.07, 6.45) is -1.03. The van der Waals surface area contributed by atoms with Gasteiger partial charge in [0.15, 0.2) is 0 Å². The van der Waals surface area contributed by atoms with E-state index in [0.29, 0.717) is 50.0 Å². The summed E-state index contributed by atoms with van der Waals surface area (Å²) in [6, 6.07) is 9.15. The topological polar surface area (TPSA) is 131 Å². The van der Waals surface area contributed by atoms with Gasteiger partial charge in [0, 0.05) is 42.3 Å². The minimum absolute atomic E-state index is 0.00332. The Morgan fingerprint density at radius 3 is 2.47 bits per heavy atom. The molecule has 0 bridgehead atoms. The van der Waals surface area contributed by atoms with Gasteiger partial charge in [0.1, 0.15) is 22.1 Å². The maximum Gasteiger partial charge on any atom is 0.406 e. The number of fused-ring (bicyclic) bond motifs is 1. The van der Waals surface area contributed by atoms with Crippen LogP contribution < -0.4 is 16.0 Å². The standard InChI is InChI=1S/C29H30F3N5O5S/c30-29(31,32)18-37-22(16-23-24(2-1-3-26(23)37)34-20-10-14-43(40,41)15-11-20)5-7-27(38)35-21-4-6-25(33-17-21)28(39)36-19-8-12-42-13-9-19/h1-4,6,16-17,19-20,34H,8-15,18H2,(H,35,38)(H,36,39). The lowest BCUT2D eigenvalue weighted by molar-refractivity contribution is -0.140. The Balaban J connectivity index is 1.31. The summed E-state index contributed by atoms with van der Waals surface area (Å²) in [4.78, 5) is 29.1. The molecule has 2 aromatic heterocycles. The Labute approximate surface area is 246 Å². The van der Waals surface area contributed by atoms with Crippen LogP contribution in [0.2, 0.25) is 0 Å². The summed E-state index contributed by atoms with van der Waals surface area (Å²) in [5.74, 6) is 3.88. The minimum atomic E-state index is -4.55. The highest BCUT2D eigenvalue weighted by Crippen LogP contribution is 2.31. The van der Waals surface area contributed by atoms with E-state index in [2.05, 4.69) is 32.8 Å². The van der Waals surface area contributed by atoms with Gasteiger partial charge in [-0.1, -0.05) is 6.07 Å². The van der Waals surface area contributed by atoms with Crippen LogP contribution in [-0.2, 0) is 25.9 Å². The second kappa shape index (κ2) is 12.6. The number of amides is 2. The van der Waals surface area contributed by atoms with E-state index in [-0.39, 0.29) is 52.1 Å². The molecule has 3 N–H and O–H groups in total. The second-order valence-corrected chi connectivity index (χ2v) is 12.8. The number of hydrogen-bond donors (Lipinski definition) is 3. The molecule has 2 fully saturated rings. The minimum Gasteiger partial charge on any atom is -0.382 e. The zero-order valence-corrected chi connectivity index (χ0v) is 23.9. The summed E-state index contributed by atoms with van der Waals surface area (Å²) >= 11 is 0. The Hall–Kier alpha value is -4.09. The Morgan fingerprint density at radius 1 is 1.05 bits per heavy atom. The number of aromatic nitrogens is 2. The van der Waals surface area contributed by atoms with E-state index >= 15 is 0 Å². The number of nitrogens with one attached hydrogen (secondary N) is 3. The first kappa shape index (κ1) is 30.4. The molecular weight excluding hydrogens is 587 g/mol. The van der Waals surface area contributed by atoms with Gasteiger partial charge in [-0.15, -0.1) is 0 Å². The third kappa shape index (κ3) is 8.05. The van der Waals surface area contributed by atoms with Crippen LogP contribution in [0, 0.1) is 11.8 Å². The second-order valence-electron chi connectivity index (χ2n) is 10.5. The van der Waals surface area contributed by atoms with E-state index in [4.69, 9.17) is 4.74 Å². The highest BCUT2D eigenvalue weighted by atomic mass is 32.2. The number of sulfone groups is 1. The number of rotatable bonds is 6. The SMILES string of the molecule is O=C(C#Cc1cc2c(NC3CCS(=O)(=O)CC3)cccc2n1CC(F)(F)F)Nc1ccc(C(=O)NC2CCOCC2)nc1. The van der Waals surface area contributed by atoms with Crippen molar-refractivity contribution in [1.29, 1.82) is 0 Å². The fraction of sp³-hybridized carbons (Fsp3) is 0.414. The van der Waals surface area contributed by atoms with Gasteiger partial charge in [-0.05, 0) is 61.9 Å². The number of ether oxygens (including phenoxy) is 1. The summed E-state index contributed by atoms with van der Waals surface area (Å²) in [5, 5.41) is 9.16. The molecule has 228 valence electrons. The van der Waals surface area contributed by atoms with Crippen LogP contribution >= 0.6 is 0 Å². The van der Waals surface area contributed by atoms with E-state index in [0.717, 1.165) is 4.57 Å². The van der Waals surface area contributed by atoms with E-state index in [1.807, 2.05) is 0 Å². The summed E-state index contributed by atoms with van der Waals surface area (Å²) in [6.45, 7) is -0.156. The molecule has 0 spiro atoms. The van der Waals surface area contributed by atoms with E-state index < -0.39 is 28.5 Å². The third-order valence-corrected chi connectivity index (χ3v) is 9.03. The van der Waals surface area contributed by atoms with Crippen LogP contribution in [0.15, 0.2) is 42.6 Å². The zero-order valence-electron chi connectivity index (χ0n) is 23.0. The van der Waals surface area contributed by atoms with Crippen LogP contribution in [0.3, 0.4) is 0 Å². The molecule has 0 radical (unpaired) electrons. The normalized spacial score (nSPS) is 17.6. The molecule has 10 nitrogen and oxygen atoms in total. The van der Waals surface area contributed by atoms with Crippen molar-refractivity contribution in [3.8, 4) is 11.8 Å². The van der Waals surface area contributed by atoms with Crippen molar-refractivity contribution in [3.63, 3.8) is 0 Å². The summed E-state index contributed by atoms with van der Waals surface area (Å²) in [7, 11) is -3.07. The van der Waals surface area contributed by atoms with Crippen LogP contribution in [0.5, 0.6) is 0 Å². The molecule has 0 aliphatic carbocycles. The van der Waals surface area contributed by atoms with E-state index in [1.54, 1.807) is 12.1 Å². The fourth-order valence-corrected chi connectivity index (χ4v) is 6.60. The number of carbonyl (C=O) groups is 2. The number of alkyl halides is 3. The van der Waals surface area contributed by atoms with E-state index in [9.17, 15) is 31.2 Å². The number of carbonyl (C=O) groups excluding carboxylic acids is 2. The molecule has 0 saturated carbocycles. The van der Waals surface area contributed by atoms with Crippen molar-refractivity contribution >= 4 is 43.9 Å². The quantitative estimate of drug-likeness (QED) is 0.361. The van der Waals surface area contributed by atoms with Crippen LogP contribution in [0.4, 0.5) is 24.5 Å². The largest absolute Gasteiger partial charge is 0.406 e. The van der Waals surface area contributed by atoms with Gasteiger partial charge in [-0.25, -0.2) is 13.4 Å². The molecule has 2 aliphatic heterocycles. The summed E-state index contributed by atoms with van der Waals surface area (Å²) in [5.41, 5.74) is 1.25. The molecule has 14 heteroatoms. The lowest BCUT2D eigenvalue weighted by Gasteiger charge is -2.24. The van der Waals surface area contributed by atoms with Gasteiger partial charge in [0.2, 0.25) is 0 Å². The van der Waals surface area contributed by atoms with Crippen molar-refractivity contribution in [2.24, 2.45) is 0 Å². The summed E-state index contributed by atoms with van der Waals surface area (Å²) < 4.78 is 70.4. The van der Waals surface area contributed by atoms with Crippen LogP contribution in [-0.4, -0.2) is 72.8 Å². The first-order chi connectivity index (χ1) is 20.5. The van der Waals surface area contributed by atoms with Crippen molar-refractivity contribution in [2.75, 3.05) is 35.4 Å². The van der Waals surface area contributed by atoms with Gasteiger partial charge in [-0.2, -0.15) is 13.2 Å². The monoisotopic (exact) mass is 617 g/mol. The molecule has 3 aromatic rings. The fourth-order valence-electron chi connectivity index (χ4n) is 5.10. The average molecular weight is 618 g/mol. The Morgan fingerprint density at radius 2 is 1.79 bits per heavy atom. The predicted octanol–water partition coefficient (Wildman–Crippen LogP) is 3.49. The Bertz CT molecular complexity index is 1660. The first-order valence-electron chi connectivity index (χ1n) is 13.8. The highest BCUT2D eigenvalue weighted by Gasteiger charge is 2.30. The molecule has 0 unspecified atom stereocenters. The molecule has 4 heterocycles. The zero-order chi connectivity index (χ0) is 30.6. The molecule has 2 saturated heterocycles. The number of hydrogen-bond acceptors (Lipinski definition) is 7. The molecule has 2 aliphatic rings. The van der Waals surface area contributed by atoms with Crippen LogP contribution in [0.1, 0.15) is 41.9 Å². The molecule has 5 rings (SSSR count). The number of anilines is 2. The van der Waals surface area contributed by atoms with Crippen molar-refractivity contribution in [1.82, 2.24) is 14.9 Å². The Kier molecular flexibility index (Phi) is 8.93.